The van der Waals surface area contributed by atoms with Gasteiger partial charge < -0.3 is 5.32 Å². The van der Waals surface area contributed by atoms with E-state index in [0.29, 0.717) is 0 Å². The number of rotatable bonds is 3. The van der Waals surface area contributed by atoms with Gasteiger partial charge in [-0.1, -0.05) is 30.3 Å². The van der Waals surface area contributed by atoms with Crippen molar-refractivity contribution in [1.82, 2.24) is 9.78 Å². The maximum atomic E-state index is 4.18. The van der Waals surface area contributed by atoms with Crippen LogP contribution < -0.4 is 5.32 Å². The Labute approximate surface area is 103 Å². The van der Waals surface area contributed by atoms with E-state index < -0.39 is 0 Å². The number of aromatic nitrogens is 2. The van der Waals surface area contributed by atoms with Crippen LogP contribution in [0.4, 0.5) is 5.82 Å². The molecule has 0 aliphatic heterocycles. The number of benzene rings is 1. The van der Waals surface area contributed by atoms with Gasteiger partial charge >= 0.3 is 0 Å². The number of nitrogens with zero attached hydrogens (tertiary/aromatic N) is 2. The van der Waals surface area contributed by atoms with Crippen LogP contribution in [0.15, 0.2) is 36.5 Å². The number of hydrogen-bond acceptors (Lipinski definition) is 2. The molecule has 0 atom stereocenters. The van der Waals surface area contributed by atoms with E-state index in [2.05, 4.69) is 45.1 Å². The summed E-state index contributed by atoms with van der Waals surface area (Å²) in [5, 5.41) is 7.55. The Morgan fingerprint density at radius 1 is 1.33 bits per heavy atom. The van der Waals surface area contributed by atoms with Gasteiger partial charge in [-0.2, -0.15) is 5.10 Å². The molecule has 0 fully saturated rings. The predicted octanol–water partition coefficient (Wildman–Crippen LogP) is 2.64. The maximum absolute atomic E-state index is 4.18. The van der Waals surface area contributed by atoms with Gasteiger partial charge in [0.1, 0.15) is 5.82 Å². The van der Waals surface area contributed by atoms with Gasteiger partial charge in [-0.25, -0.2) is 0 Å². The molecule has 2 rings (SSSR count). The van der Waals surface area contributed by atoms with E-state index in [9.17, 15) is 0 Å². The van der Waals surface area contributed by atoms with Crippen molar-refractivity contribution in [3.63, 3.8) is 0 Å². The fraction of sp³-hybridized carbons (Fsp3) is 0.182. The summed E-state index contributed by atoms with van der Waals surface area (Å²) >= 11 is 2.28. The van der Waals surface area contributed by atoms with E-state index in [4.69, 9.17) is 0 Å². The van der Waals surface area contributed by atoms with Crippen LogP contribution in [0, 0.1) is 3.57 Å². The molecule has 0 saturated heterocycles. The quantitative estimate of drug-likeness (QED) is 0.883. The third kappa shape index (κ3) is 2.50. The summed E-state index contributed by atoms with van der Waals surface area (Å²) in [6.45, 7) is 0.830. The highest BCUT2D eigenvalue weighted by Gasteiger charge is 2.04. The lowest BCUT2D eigenvalue weighted by molar-refractivity contribution is 0.768. The minimum Gasteiger partial charge on any atom is -0.365 e. The van der Waals surface area contributed by atoms with Crippen molar-refractivity contribution >= 4 is 28.4 Å². The van der Waals surface area contributed by atoms with Crippen molar-refractivity contribution in [3.05, 3.63) is 45.7 Å². The molecule has 2 aromatic rings. The first kappa shape index (κ1) is 10.5. The van der Waals surface area contributed by atoms with Crippen LogP contribution in [-0.2, 0) is 13.6 Å². The van der Waals surface area contributed by atoms with Gasteiger partial charge in [0.25, 0.3) is 0 Å². The highest BCUT2D eigenvalue weighted by atomic mass is 127. The van der Waals surface area contributed by atoms with Crippen LogP contribution in [0.3, 0.4) is 0 Å². The van der Waals surface area contributed by atoms with E-state index in [0.717, 1.165) is 15.9 Å². The van der Waals surface area contributed by atoms with Crippen LogP contribution >= 0.6 is 22.6 Å². The predicted molar refractivity (Wildman–Crippen MR) is 69.7 cm³/mol. The van der Waals surface area contributed by atoms with Crippen molar-refractivity contribution in [1.29, 1.82) is 0 Å². The van der Waals surface area contributed by atoms with Gasteiger partial charge in [0.15, 0.2) is 0 Å². The van der Waals surface area contributed by atoms with E-state index >= 15 is 0 Å². The zero-order chi connectivity index (χ0) is 10.7. The van der Waals surface area contributed by atoms with E-state index in [1.807, 2.05) is 36.1 Å². The van der Waals surface area contributed by atoms with Crippen molar-refractivity contribution < 1.29 is 0 Å². The van der Waals surface area contributed by atoms with Crippen LogP contribution in [0.1, 0.15) is 5.56 Å². The Kier molecular flexibility index (Phi) is 3.25. The molecule has 78 valence electrons. The summed E-state index contributed by atoms with van der Waals surface area (Å²) in [5.74, 6) is 1.07. The highest BCUT2D eigenvalue weighted by molar-refractivity contribution is 14.1. The SMILES string of the molecule is Cn1ncc(I)c1NCc1ccccc1. The number of nitrogens with one attached hydrogen (secondary N) is 1. The molecule has 0 aliphatic carbocycles. The van der Waals surface area contributed by atoms with Gasteiger partial charge in [0, 0.05) is 13.6 Å². The van der Waals surface area contributed by atoms with Gasteiger partial charge in [-0.3, -0.25) is 4.68 Å². The molecule has 0 radical (unpaired) electrons. The van der Waals surface area contributed by atoms with E-state index in [1.165, 1.54) is 5.56 Å². The molecule has 0 spiro atoms. The molecule has 1 N–H and O–H groups in total. The lowest BCUT2D eigenvalue weighted by Gasteiger charge is -2.07. The summed E-state index contributed by atoms with van der Waals surface area (Å²) in [6, 6.07) is 10.3. The second-order valence-electron chi connectivity index (χ2n) is 3.30. The van der Waals surface area contributed by atoms with Crippen molar-refractivity contribution in [2.45, 2.75) is 6.54 Å². The molecule has 15 heavy (non-hydrogen) atoms. The summed E-state index contributed by atoms with van der Waals surface area (Å²) in [7, 11) is 1.94. The maximum Gasteiger partial charge on any atom is 0.137 e. The second-order valence-corrected chi connectivity index (χ2v) is 4.47. The van der Waals surface area contributed by atoms with Gasteiger partial charge in [0.2, 0.25) is 0 Å². The standard InChI is InChI=1S/C11H12IN3/c1-15-11(10(12)8-14-15)13-7-9-5-3-2-4-6-9/h2-6,8,13H,7H2,1H3. The summed E-state index contributed by atoms with van der Waals surface area (Å²) < 4.78 is 3.00. The summed E-state index contributed by atoms with van der Waals surface area (Å²) in [5.41, 5.74) is 1.27. The largest absolute Gasteiger partial charge is 0.365 e. The Hall–Kier alpha value is -1.04. The van der Waals surface area contributed by atoms with Crippen molar-refractivity contribution in [2.24, 2.45) is 7.05 Å². The van der Waals surface area contributed by atoms with E-state index in [-0.39, 0.29) is 0 Å². The lowest BCUT2D eigenvalue weighted by Crippen LogP contribution is -2.05. The summed E-state index contributed by atoms with van der Waals surface area (Å²) in [4.78, 5) is 0. The zero-order valence-corrected chi connectivity index (χ0v) is 10.6. The molecular weight excluding hydrogens is 301 g/mol. The fourth-order valence-electron chi connectivity index (χ4n) is 1.39. The third-order valence-corrected chi connectivity index (χ3v) is 2.99. The smallest absolute Gasteiger partial charge is 0.137 e. The monoisotopic (exact) mass is 313 g/mol. The Balaban J connectivity index is 2.05. The molecular formula is C11H12IN3. The fourth-order valence-corrected chi connectivity index (χ4v) is 2.06. The van der Waals surface area contributed by atoms with Gasteiger partial charge in [0.05, 0.1) is 9.77 Å². The molecule has 1 heterocycles. The molecule has 3 nitrogen and oxygen atoms in total. The van der Waals surface area contributed by atoms with Crippen LogP contribution in [0.5, 0.6) is 0 Å². The average molecular weight is 313 g/mol. The van der Waals surface area contributed by atoms with Crippen molar-refractivity contribution in [3.8, 4) is 0 Å². The molecule has 0 bridgehead atoms. The van der Waals surface area contributed by atoms with Crippen LogP contribution in [0.2, 0.25) is 0 Å². The minimum atomic E-state index is 0.830. The first-order valence-electron chi connectivity index (χ1n) is 4.72. The van der Waals surface area contributed by atoms with Crippen LogP contribution in [-0.4, -0.2) is 9.78 Å². The Morgan fingerprint density at radius 2 is 2.07 bits per heavy atom. The third-order valence-electron chi connectivity index (χ3n) is 2.20. The number of anilines is 1. The van der Waals surface area contributed by atoms with Gasteiger partial charge in [-0.15, -0.1) is 0 Å². The second kappa shape index (κ2) is 4.65. The number of halogens is 1. The number of aryl methyl sites for hydroxylation is 1. The molecule has 0 saturated carbocycles. The first-order valence-corrected chi connectivity index (χ1v) is 5.80. The molecule has 0 aliphatic rings. The molecule has 4 heteroatoms. The topological polar surface area (TPSA) is 29.9 Å². The molecule has 0 amide bonds. The normalized spacial score (nSPS) is 10.3. The minimum absolute atomic E-state index is 0.830. The molecule has 1 aromatic heterocycles. The molecule has 1 aromatic carbocycles. The average Bonchev–Trinajstić information content (AvgIpc) is 2.58. The summed E-state index contributed by atoms with van der Waals surface area (Å²) in [6.07, 6.45) is 1.86. The van der Waals surface area contributed by atoms with Gasteiger partial charge in [-0.05, 0) is 28.2 Å². The Morgan fingerprint density at radius 3 is 2.67 bits per heavy atom. The highest BCUT2D eigenvalue weighted by Crippen LogP contribution is 2.16. The molecule has 0 unspecified atom stereocenters. The first-order chi connectivity index (χ1) is 7.27. The lowest BCUT2D eigenvalue weighted by atomic mass is 10.2. The van der Waals surface area contributed by atoms with Crippen LogP contribution in [0.25, 0.3) is 0 Å². The van der Waals surface area contributed by atoms with E-state index in [1.54, 1.807) is 0 Å². The zero-order valence-electron chi connectivity index (χ0n) is 8.44. The number of hydrogen-bond donors (Lipinski definition) is 1. The Bertz CT molecular complexity index is 417. The van der Waals surface area contributed by atoms with Crippen molar-refractivity contribution in [2.75, 3.05) is 5.32 Å².